The minimum atomic E-state index is -0.570. The highest BCUT2D eigenvalue weighted by Crippen LogP contribution is 2.18. The number of amides is 2. The maximum atomic E-state index is 12.1. The molecule has 0 spiro atoms. The average Bonchev–Trinajstić information content (AvgIpc) is 2.82. The Balaban J connectivity index is 2.50. The second-order valence-corrected chi connectivity index (χ2v) is 4.57. The lowest BCUT2D eigenvalue weighted by Gasteiger charge is -2.14. The van der Waals surface area contributed by atoms with Crippen molar-refractivity contribution >= 4 is 33.4 Å². The lowest BCUT2D eigenvalue weighted by Crippen LogP contribution is -2.42. The number of imidazole rings is 1. The minimum absolute atomic E-state index is 0.168. The van der Waals surface area contributed by atoms with Crippen LogP contribution in [0.2, 0.25) is 0 Å². The Morgan fingerprint density at radius 3 is 2.94 bits per heavy atom. The predicted molar refractivity (Wildman–Crippen MR) is 68.5 cm³/mol. The third kappa shape index (κ3) is 2.14. The van der Waals surface area contributed by atoms with Crippen LogP contribution in [0.1, 0.15) is 23.7 Å². The second-order valence-electron chi connectivity index (χ2n) is 3.65. The number of nitrogens with zero attached hydrogens (tertiary/aromatic N) is 3. The van der Waals surface area contributed by atoms with Crippen molar-refractivity contribution in [3.05, 3.63) is 34.7 Å². The maximum Gasteiger partial charge on any atom is 0.278 e. The summed E-state index contributed by atoms with van der Waals surface area (Å²) in [7, 11) is 0. The van der Waals surface area contributed by atoms with Crippen LogP contribution in [0.25, 0.3) is 5.65 Å². The van der Waals surface area contributed by atoms with Gasteiger partial charge in [0.1, 0.15) is 5.65 Å². The van der Waals surface area contributed by atoms with Crippen LogP contribution in [0.4, 0.5) is 0 Å². The van der Waals surface area contributed by atoms with Crippen LogP contribution in [-0.4, -0.2) is 26.2 Å². The van der Waals surface area contributed by atoms with Gasteiger partial charge in [-0.3, -0.25) is 9.59 Å². The normalized spacial score (nSPS) is 10.6. The Bertz CT molecular complexity index is 623. The van der Waals surface area contributed by atoms with Gasteiger partial charge in [-0.05, 0) is 22.0 Å². The summed E-state index contributed by atoms with van der Waals surface area (Å²) in [6.45, 7) is 1.64. The van der Waals surface area contributed by atoms with Crippen molar-refractivity contribution in [2.24, 2.45) is 5.84 Å². The summed E-state index contributed by atoms with van der Waals surface area (Å²) in [5, 5.41) is 0.621. The van der Waals surface area contributed by atoms with Crippen molar-refractivity contribution in [2.45, 2.75) is 13.3 Å². The molecule has 0 saturated heterocycles. The van der Waals surface area contributed by atoms with Crippen LogP contribution in [0.3, 0.4) is 0 Å². The van der Waals surface area contributed by atoms with E-state index in [1.807, 2.05) is 0 Å². The molecule has 7 heteroatoms. The number of halogens is 1. The van der Waals surface area contributed by atoms with E-state index in [-0.39, 0.29) is 12.0 Å². The fourth-order valence-electron chi connectivity index (χ4n) is 1.57. The number of fused-ring (bicyclic) bond motifs is 1. The van der Waals surface area contributed by atoms with Crippen molar-refractivity contribution in [1.82, 2.24) is 14.4 Å². The van der Waals surface area contributed by atoms with Crippen molar-refractivity contribution in [3.8, 4) is 0 Å². The number of aromatic nitrogens is 2. The van der Waals surface area contributed by atoms with E-state index < -0.39 is 11.8 Å². The number of imide groups is 1. The van der Waals surface area contributed by atoms with Gasteiger partial charge in [0, 0.05) is 29.5 Å². The number of hydrogen-bond donors (Lipinski definition) is 1. The van der Waals surface area contributed by atoms with Crippen LogP contribution in [-0.2, 0) is 4.79 Å². The molecule has 0 bridgehead atoms. The first-order valence-corrected chi connectivity index (χ1v) is 6.08. The molecule has 0 aromatic carbocycles. The van der Waals surface area contributed by atoms with Gasteiger partial charge >= 0.3 is 0 Å². The first-order valence-electron chi connectivity index (χ1n) is 5.28. The summed E-state index contributed by atoms with van der Waals surface area (Å²) < 4.78 is 2.38. The molecule has 0 fully saturated rings. The van der Waals surface area contributed by atoms with E-state index in [0.29, 0.717) is 15.1 Å². The number of carbonyl (C=O) groups excluding carboxylic acids is 2. The number of hydrazine groups is 1. The third-order valence-electron chi connectivity index (χ3n) is 2.47. The molecule has 0 atom stereocenters. The molecule has 94 valence electrons. The van der Waals surface area contributed by atoms with Gasteiger partial charge in [-0.25, -0.2) is 15.8 Å². The zero-order chi connectivity index (χ0) is 13.3. The summed E-state index contributed by atoms with van der Waals surface area (Å²) in [6, 6.07) is 1.59. The first-order chi connectivity index (χ1) is 8.54. The smallest absolute Gasteiger partial charge is 0.278 e. The molecule has 6 nitrogen and oxygen atoms in total. The van der Waals surface area contributed by atoms with Crippen LogP contribution in [0.5, 0.6) is 0 Å². The van der Waals surface area contributed by atoms with Crippen molar-refractivity contribution in [3.63, 3.8) is 0 Å². The fraction of sp³-hybridized carbons (Fsp3) is 0.182. The second kappa shape index (κ2) is 4.87. The molecular formula is C11H11BrN4O2. The molecule has 2 rings (SSSR count). The SMILES string of the molecule is CCC(=O)N(N)C(=O)c1cc(Br)cn2ccnc12. The standard InChI is InChI=1S/C11H11BrN4O2/c1-2-9(17)16(13)11(18)8-5-7(12)6-15-4-3-14-10(8)15/h3-6H,2,13H2,1H3. The van der Waals surface area contributed by atoms with Crippen LogP contribution >= 0.6 is 15.9 Å². The Hall–Kier alpha value is -1.73. The molecule has 0 aliphatic rings. The maximum absolute atomic E-state index is 12.1. The van der Waals surface area contributed by atoms with E-state index in [4.69, 9.17) is 5.84 Å². The predicted octanol–water partition coefficient (Wildman–Crippen LogP) is 1.35. The van der Waals surface area contributed by atoms with Gasteiger partial charge in [-0.15, -0.1) is 0 Å². The Morgan fingerprint density at radius 2 is 2.28 bits per heavy atom. The average molecular weight is 311 g/mol. The molecule has 0 aliphatic heterocycles. The van der Waals surface area contributed by atoms with Crippen molar-refractivity contribution in [1.29, 1.82) is 0 Å². The highest BCUT2D eigenvalue weighted by atomic mass is 79.9. The summed E-state index contributed by atoms with van der Waals surface area (Å²) in [5.41, 5.74) is 0.737. The monoisotopic (exact) mass is 310 g/mol. The Morgan fingerprint density at radius 1 is 1.56 bits per heavy atom. The quantitative estimate of drug-likeness (QED) is 0.516. The van der Waals surface area contributed by atoms with Gasteiger partial charge in [0.25, 0.3) is 5.91 Å². The Kier molecular flexibility index (Phi) is 3.44. The van der Waals surface area contributed by atoms with Gasteiger partial charge < -0.3 is 4.40 Å². The molecule has 0 radical (unpaired) electrons. The number of rotatable bonds is 2. The molecule has 0 unspecified atom stereocenters. The summed E-state index contributed by atoms with van der Waals surface area (Å²) >= 11 is 3.29. The highest BCUT2D eigenvalue weighted by molar-refractivity contribution is 9.10. The minimum Gasteiger partial charge on any atom is -0.305 e. The Labute approximate surface area is 111 Å². The van der Waals surface area contributed by atoms with Crippen LogP contribution in [0, 0.1) is 0 Å². The summed E-state index contributed by atoms with van der Waals surface area (Å²) in [6.07, 6.45) is 5.21. The van der Waals surface area contributed by atoms with Gasteiger partial charge in [-0.2, -0.15) is 0 Å². The molecular weight excluding hydrogens is 300 g/mol. The van der Waals surface area contributed by atoms with Gasteiger partial charge in [0.2, 0.25) is 5.91 Å². The molecule has 2 aromatic heterocycles. The van der Waals surface area contributed by atoms with Crippen molar-refractivity contribution < 1.29 is 9.59 Å². The lowest BCUT2D eigenvalue weighted by atomic mass is 10.2. The van der Waals surface area contributed by atoms with Crippen LogP contribution < -0.4 is 5.84 Å². The van der Waals surface area contributed by atoms with E-state index in [1.165, 1.54) is 0 Å². The molecule has 2 heterocycles. The molecule has 0 aliphatic carbocycles. The molecule has 2 N–H and O–H groups in total. The fourth-order valence-corrected chi connectivity index (χ4v) is 2.02. The van der Waals surface area contributed by atoms with E-state index in [1.54, 1.807) is 36.0 Å². The highest BCUT2D eigenvalue weighted by Gasteiger charge is 2.21. The lowest BCUT2D eigenvalue weighted by molar-refractivity contribution is -0.128. The number of pyridine rings is 1. The zero-order valence-electron chi connectivity index (χ0n) is 9.63. The van der Waals surface area contributed by atoms with E-state index in [9.17, 15) is 9.59 Å². The van der Waals surface area contributed by atoms with E-state index in [2.05, 4.69) is 20.9 Å². The van der Waals surface area contributed by atoms with Crippen molar-refractivity contribution in [2.75, 3.05) is 0 Å². The summed E-state index contributed by atoms with van der Waals surface area (Å²) in [5.74, 6) is 4.48. The van der Waals surface area contributed by atoms with Gasteiger partial charge in [0.05, 0.1) is 5.56 Å². The first kappa shape index (κ1) is 12.7. The zero-order valence-corrected chi connectivity index (χ0v) is 11.2. The number of carbonyl (C=O) groups is 2. The van der Waals surface area contributed by atoms with Crippen LogP contribution in [0.15, 0.2) is 29.1 Å². The van der Waals surface area contributed by atoms with Gasteiger partial charge in [-0.1, -0.05) is 6.92 Å². The summed E-state index contributed by atoms with van der Waals surface area (Å²) in [4.78, 5) is 27.6. The van der Waals surface area contributed by atoms with Gasteiger partial charge in [0.15, 0.2) is 0 Å². The van der Waals surface area contributed by atoms with E-state index >= 15 is 0 Å². The molecule has 2 amide bonds. The number of nitrogens with two attached hydrogens (primary N) is 1. The third-order valence-corrected chi connectivity index (χ3v) is 2.91. The largest absolute Gasteiger partial charge is 0.305 e. The topological polar surface area (TPSA) is 80.7 Å². The molecule has 18 heavy (non-hydrogen) atoms. The number of hydrogen-bond acceptors (Lipinski definition) is 4. The van der Waals surface area contributed by atoms with E-state index in [0.717, 1.165) is 0 Å². The molecule has 0 saturated carbocycles. The molecule has 2 aromatic rings.